The number of esters is 1. The maximum absolute atomic E-state index is 15.2. The molecular formula is C19H16F5N3O4. The Morgan fingerprint density at radius 3 is 2.32 bits per heavy atom. The van der Waals surface area contributed by atoms with Gasteiger partial charge in [-0.25, -0.2) is 4.79 Å². The van der Waals surface area contributed by atoms with Gasteiger partial charge in [-0.3, -0.25) is 4.90 Å². The standard InChI is InChI=1S/C19H16F5N3O4/c20-18(21,19(22,23)24)17(31-15(29)12-6-2-4-8-14(12)28)13-7-3-1-5-11(13)9-10-27(17)16(25)26-30/h1-8,28,30H,9-10H2,(H2,25,26). The summed E-state index contributed by atoms with van der Waals surface area (Å²) in [6, 6.07) is 9.41. The van der Waals surface area contributed by atoms with Crippen LogP contribution in [0.5, 0.6) is 5.75 Å². The first-order valence-electron chi connectivity index (χ1n) is 8.76. The van der Waals surface area contributed by atoms with E-state index in [0.717, 1.165) is 18.2 Å². The summed E-state index contributed by atoms with van der Waals surface area (Å²) in [6.07, 6.45) is -6.26. The summed E-state index contributed by atoms with van der Waals surface area (Å²) in [5.41, 5.74) is 0.292. The number of halogens is 5. The van der Waals surface area contributed by atoms with Crippen LogP contribution in [0.3, 0.4) is 0 Å². The number of guanidine groups is 1. The van der Waals surface area contributed by atoms with Gasteiger partial charge in [0.05, 0.1) is 0 Å². The number of rotatable bonds is 3. The number of ether oxygens (including phenoxy) is 1. The summed E-state index contributed by atoms with van der Waals surface area (Å²) in [4.78, 5) is 12.9. The summed E-state index contributed by atoms with van der Waals surface area (Å²) in [5.74, 6) is -9.21. The van der Waals surface area contributed by atoms with Crippen molar-refractivity contribution in [3.63, 3.8) is 0 Å². The van der Waals surface area contributed by atoms with Crippen molar-refractivity contribution >= 4 is 11.9 Å². The van der Waals surface area contributed by atoms with Crippen LogP contribution in [0.4, 0.5) is 22.0 Å². The molecule has 1 heterocycles. The van der Waals surface area contributed by atoms with E-state index in [9.17, 15) is 23.1 Å². The molecule has 4 N–H and O–H groups in total. The van der Waals surface area contributed by atoms with E-state index in [1.165, 1.54) is 30.3 Å². The highest BCUT2D eigenvalue weighted by Crippen LogP contribution is 2.54. The van der Waals surface area contributed by atoms with Gasteiger partial charge in [0.15, 0.2) is 0 Å². The van der Waals surface area contributed by atoms with Gasteiger partial charge in [-0.05, 0) is 24.1 Å². The molecule has 0 spiro atoms. The average Bonchev–Trinajstić information content (AvgIpc) is 2.72. The number of nitrogens with zero attached hydrogens (tertiary/aromatic N) is 2. The van der Waals surface area contributed by atoms with Crippen LogP contribution in [0.2, 0.25) is 0 Å². The molecule has 7 nitrogen and oxygen atoms in total. The Labute approximate surface area is 172 Å². The SMILES string of the molecule is NC(=NO)N1CCc2ccccc2C1(OC(=O)c1ccccc1O)C(F)(F)C(F)(F)F. The van der Waals surface area contributed by atoms with Crippen molar-refractivity contribution < 1.29 is 41.8 Å². The lowest BCUT2D eigenvalue weighted by molar-refractivity contribution is -0.370. The molecule has 1 aliphatic rings. The average molecular weight is 445 g/mol. The third-order valence-electron chi connectivity index (χ3n) is 4.89. The van der Waals surface area contributed by atoms with Crippen molar-refractivity contribution in [2.24, 2.45) is 10.9 Å². The van der Waals surface area contributed by atoms with Gasteiger partial charge in [0.2, 0.25) is 5.96 Å². The number of para-hydroxylation sites is 1. The molecule has 2 aromatic carbocycles. The summed E-state index contributed by atoms with van der Waals surface area (Å²) < 4.78 is 76.2. The molecule has 0 amide bonds. The quantitative estimate of drug-likeness (QED) is 0.167. The van der Waals surface area contributed by atoms with Crippen LogP contribution in [0.25, 0.3) is 0 Å². The van der Waals surface area contributed by atoms with Crippen molar-refractivity contribution in [2.45, 2.75) is 24.2 Å². The fourth-order valence-corrected chi connectivity index (χ4v) is 3.47. The largest absolute Gasteiger partial charge is 0.507 e. The van der Waals surface area contributed by atoms with Crippen molar-refractivity contribution in [3.8, 4) is 5.75 Å². The lowest BCUT2D eigenvalue weighted by Gasteiger charge is -2.50. The molecule has 0 saturated carbocycles. The topological polar surface area (TPSA) is 108 Å². The smallest absolute Gasteiger partial charge is 0.460 e. The lowest BCUT2D eigenvalue weighted by Crippen LogP contribution is -2.69. The predicted octanol–water partition coefficient (Wildman–Crippen LogP) is 3.16. The molecule has 166 valence electrons. The number of carbonyl (C=O) groups excluding carboxylic acids is 1. The Hall–Kier alpha value is -3.57. The molecule has 12 heteroatoms. The Balaban J connectivity index is 2.33. The minimum Gasteiger partial charge on any atom is -0.507 e. The second-order valence-electron chi connectivity index (χ2n) is 6.64. The Morgan fingerprint density at radius 1 is 1.10 bits per heavy atom. The summed E-state index contributed by atoms with van der Waals surface area (Å²) in [5, 5.41) is 21.5. The van der Waals surface area contributed by atoms with Gasteiger partial charge in [0.1, 0.15) is 11.3 Å². The van der Waals surface area contributed by atoms with Gasteiger partial charge >= 0.3 is 18.1 Å². The number of phenols is 1. The highest BCUT2D eigenvalue weighted by atomic mass is 19.4. The zero-order valence-electron chi connectivity index (χ0n) is 15.6. The third-order valence-corrected chi connectivity index (χ3v) is 4.89. The van der Waals surface area contributed by atoms with Crippen molar-refractivity contribution in [3.05, 3.63) is 65.2 Å². The molecule has 2 aromatic rings. The van der Waals surface area contributed by atoms with Crippen LogP contribution in [0, 0.1) is 0 Å². The minimum atomic E-state index is -6.20. The van der Waals surface area contributed by atoms with E-state index in [0.29, 0.717) is 0 Å². The van der Waals surface area contributed by atoms with Crippen molar-refractivity contribution in [1.82, 2.24) is 4.90 Å². The van der Waals surface area contributed by atoms with E-state index in [1.807, 2.05) is 0 Å². The molecule has 0 aromatic heterocycles. The number of alkyl halides is 5. The second kappa shape index (κ2) is 7.60. The van der Waals surface area contributed by atoms with Gasteiger partial charge in [0, 0.05) is 12.1 Å². The van der Waals surface area contributed by atoms with E-state index < -0.39 is 53.2 Å². The van der Waals surface area contributed by atoms with E-state index >= 15 is 8.78 Å². The van der Waals surface area contributed by atoms with Crippen molar-refractivity contribution in [2.75, 3.05) is 6.54 Å². The van der Waals surface area contributed by atoms with Crippen LogP contribution >= 0.6 is 0 Å². The first kappa shape index (κ1) is 22.1. The highest BCUT2D eigenvalue weighted by Gasteiger charge is 2.77. The summed E-state index contributed by atoms with van der Waals surface area (Å²) >= 11 is 0. The van der Waals surface area contributed by atoms with Gasteiger partial charge in [0.25, 0.3) is 5.72 Å². The molecule has 31 heavy (non-hydrogen) atoms. The number of oxime groups is 1. The third kappa shape index (κ3) is 3.37. The van der Waals surface area contributed by atoms with Crippen LogP contribution in [-0.4, -0.2) is 45.8 Å². The van der Waals surface area contributed by atoms with Crippen LogP contribution in [0.15, 0.2) is 53.7 Å². The molecule has 0 fully saturated rings. The summed E-state index contributed by atoms with van der Waals surface area (Å²) in [7, 11) is 0. The van der Waals surface area contributed by atoms with E-state index in [1.54, 1.807) is 0 Å². The fourth-order valence-electron chi connectivity index (χ4n) is 3.47. The Bertz CT molecular complexity index is 1030. The van der Waals surface area contributed by atoms with Crippen molar-refractivity contribution in [1.29, 1.82) is 0 Å². The summed E-state index contributed by atoms with van der Waals surface area (Å²) in [6.45, 7) is -0.591. The zero-order chi connectivity index (χ0) is 23.0. The lowest BCUT2D eigenvalue weighted by atomic mass is 9.84. The maximum Gasteiger partial charge on any atom is 0.460 e. The van der Waals surface area contributed by atoms with E-state index in [4.69, 9.17) is 15.7 Å². The van der Waals surface area contributed by atoms with Crippen LogP contribution in [0.1, 0.15) is 21.5 Å². The van der Waals surface area contributed by atoms with Gasteiger partial charge < -0.3 is 20.8 Å². The predicted molar refractivity (Wildman–Crippen MR) is 96.5 cm³/mol. The zero-order valence-corrected chi connectivity index (χ0v) is 15.6. The maximum atomic E-state index is 15.2. The number of nitrogens with two attached hydrogens (primary N) is 1. The number of hydrogen-bond donors (Lipinski definition) is 3. The highest BCUT2D eigenvalue weighted by molar-refractivity contribution is 5.93. The number of aromatic hydroxyl groups is 1. The molecule has 3 rings (SSSR count). The molecule has 0 aliphatic carbocycles. The second-order valence-corrected chi connectivity index (χ2v) is 6.64. The first-order valence-corrected chi connectivity index (χ1v) is 8.76. The Kier molecular flexibility index (Phi) is 5.42. The van der Waals surface area contributed by atoms with Gasteiger partial charge in [-0.1, -0.05) is 41.6 Å². The number of benzene rings is 2. The van der Waals surface area contributed by atoms with Gasteiger partial charge in [-0.2, -0.15) is 22.0 Å². The molecular weight excluding hydrogens is 429 g/mol. The van der Waals surface area contributed by atoms with Crippen LogP contribution < -0.4 is 5.73 Å². The van der Waals surface area contributed by atoms with Gasteiger partial charge in [-0.15, -0.1) is 0 Å². The first-order chi connectivity index (χ1) is 14.5. The normalized spacial score (nSPS) is 19.6. The number of carbonyl (C=O) groups is 1. The van der Waals surface area contributed by atoms with Crippen LogP contribution in [-0.2, 0) is 16.9 Å². The monoisotopic (exact) mass is 445 g/mol. The van der Waals surface area contributed by atoms with E-state index in [-0.39, 0.29) is 16.9 Å². The molecule has 0 bridgehead atoms. The molecule has 0 radical (unpaired) electrons. The number of hydrogen-bond acceptors (Lipinski definition) is 5. The Morgan fingerprint density at radius 2 is 1.71 bits per heavy atom. The molecule has 1 atom stereocenters. The fraction of sp³-hybridized carbons (Fsp3) is 0.263. The molecule has 1 unspecified atom stereocenters. The minimum absolute atomic E-state index is 0.0403. The molecule has 0 saturated heterocycles. The van der Waals surface area contributed by atoms with E-state index in [2.05, 4.69) is 5.16 Å². The number of fused-ring (bicyclic) bond motifs is 1. The number of phenolic OH excluding ortho intramolecular Hbond substituents is 1. The molecule has 1 aliphatic heterocycles.